The van der Waals surface area contributed by atoms with Crippen LogP contribution in [0.15, 0.2) is 18.2 Å². The van der Waals surface area contributed by atoms with E-state index in [0.29, 0.717) is 17.1 Å². The number of hydrogen-bond donors (Lipinski definition) is 3. The number of nitrogens with one attached hydrogen (secondary N) is 2. The second-order valence-corrected chi connectivity index (χ2v) is 4.54. The van der Waals surface area contributed by atoms with Crippen LogP contribution in [0.5, 0.6) is 0 Å². The van der Waals surface area contributed by atoms with Gasteiger partial charge in [-0.3, -0.25) is 0 Å². The number of carbonyl (C=O) groups is 1. The smallest absolute Gasteiger partial charge is 0.319 e. The minimum atomic E-state index is -0.277. The van der Waals surface area contributed by atoms with Crippen LogP contribution in [0.4, 0.5) is 10.5 Å². The van der Waals surface area contributed by atoms with Crippen molar-refractivity contribution in [2.24, 2.45) is 0 Å². The van der Waals surface area contributed by atoms with Crippen molar-refractivity contribution in [3.05, 3.63) is 28.8 Å². The number of hydrogen-bond acceptors (Lipinski definition) is 2. The zero-order valence-electron chi connectivity index (χ0n) is 10.7. The van der Waals surface area contributed by atoms with Crippen LogP contribution in [0.1, 0.15) is 25.3 Å². The average molecular weight is 271 g/mol. The van der Waals surface area contributed by atoms with Crippen LogP contribution in [-0.2, 0) is 0 Å². The Balaban J connectivity index is 2.61. The molecule has 0 fully saturated rings. The molecule has 1 atom stereocenters. The molecule has 0 radical (unpaired) electrons. The summed E-state index contributed by atoms with van der Waals surface area (Å²) >= 11 is 5.98. The van der Waals surface area contributed by atoms with Crippen LogP contribution in [0, 0.1) is 6.92 Å². The van der Waals surface area contributed by atoms with Crippen LogP contribution in [0.2, 0.25) is 5.02 Å². The molecule has 18 heavy (non-hydrogen) atoms. The van der Waals surface area contributed by atoms with Crippen molar-refractivity contribution < 1.29 is 9.90 Å². The van der Waals surface area contributed by atoms with E-state index < -0.39 is 0 Å². The van der Waals surface area contributed by atoms with Gasteiger partial charge < -0.3 is 15.7 Å². The molecule has 1 aromatic carbocycles. The van der Waals surface area contributed by atoms with E-state index in [-0.39, 0.29) is 18.7 Å². The number of benzene rings is 1. The molecule has 100 valence electrons. The van der Waals surface area contributed by atoms with Crippen molar-refractivity contribution in [1.29, 1.82) is 0 Å². The quantitative estimate of drug-likeness (QED) is 0.770. The summed E-state index contributed by atoms with van der Waals surface area (Å²) in [5, 5.41) is 15.1. The second-order valence-electron chi connectivity index (χ2n) is 4.13. The van der Waals surface area contributed by atoms with Gasteiger partial charge >= 0.3 is 6.03 Å². The summed E-state index contributed by atoms with van der Waals surface area (Å²) in [6.07, 6.45) is 1.33. The summed E-state index contributed by atoms with van der Waals surface area (Å²) in [6.45, 7) is 3.88. The number of urea groups is 1. The van der Waals surface area contributed by atoms with Crippen molar-refractivity contribution in [3.8, 4) is 0 Å². The molecule has 2 amide bonds. The standard InChI is InChI=1S/C13H19ClN2O2/c1-3-10(7-8-17)15-13(18)16-12-6-4-5-11(14)9(12)2/h4-6,10,17H,3,7-8H2,1-2H3,(H2,15,16,18). The highest BCUT2D eigenvalue weighted by molar-refractivity contribution is 6.31. The maximum atomic E-state index is 11.8. The Labute approximate surface area is 112 Å². The van der Waals surface area contributed by atoms with E-state index in [1.54, 1.807) is 18.2 Å². The molecule has 1 rings (SSSR count). The van der Waals surface area contributed by atoms with Crippen LogP contribution in [0.3, 0.4) is 0 Å². The highest BCUT2D eigenvalue weighted by Gasteiger charge is 2.11. The van der Waals surface area contributed by atoms with Crippen molar-refractivity contribution in [2.75, 3.05) is 11.9 Å². The lowest BCUT2D eigenvalue weighted by molar-refractivity contribution is 0.237. The highest BCUT2D eigenvalue weighted by Crippen LogP contribution is 2.22. The van der Waals surface area contributed by atoms with Gasteiger partial charge in [-0.25, -0.2) is 4.79 Å². The summed E-state index contributed by atoms with van der Waals surface area (Å²) in [5.74, 6) is 0. The van der Waals surface area contributed by atoms with Gasteiger partial charge in [0.1, 0.15) is 0 Å². The number of anilines is 1. The fourth-order valence-electron chi connectivity index (χ4n) is 1.62. The first kappa shape index (κ1) is 14.8. The van der Waals surface area contributed by atoms with E-state index in [9.17, 15) is 4.79 Å². The lowest BCUT2D eigenvalue weighted by Gasteiger charge is -2.17. The van der Waals surface area contributed by atoms with Crippen LogP contribution in [-0.4, -0.2) is 23.8 Å². The molecular formula is C13H19ClN2O2. The Bertz CT molecular complexity index is 410. The maximum absolute atomic E-state index is 11.8. The van der Waals surface area contributed by atoms with Crippen molar-refractivity contribution in [3.63, 3.8) is 0 Å². The third-order valence-corrected chi connectivity index (χ3v) is 3.23. The molecule has 1 unspecified atom stereocenters. The number of aliphatic hydroxyl groups excluding tert-OH is 1. The Morgan fingerprint density at radius 2 is 2.22 bits per heavy atom. The topological polar surface area (TPSA) is 61.4 Å². The van der Waals surface area contributed by atoms with Crippen LogP contribution in [0.25, 0.3) is 0 Å². The van der Waals surface area contributed by atoms with Crippen LogP contribution >= 0.6 is 11.6 Å². The first-order chi connectivity index (χ1) is 8.58. The normalized spacial score (nSPS) is 12.0. The molecule has 0 saturated heterocycles. The van der Waals surface area contributed by atoms with E-state index >= 15 is 0 Å². The number of amides is 2. The van der Waals surface area contributed by atoms with E-state index in [4.69, 9.17) is 16.7 Å². The molecule has 0 saturated carbocycles. The molecule has 0 spiro atoms. The number of carbonyl (C=O) groups excluding carboxylic acids is 1. The van der Waals surface area contributed by atoms with Gasteiger partial charge in [-0.15, -0.1) is 0 Å². The Morgan fingerprint density at radius 1 is 1.50 bits per heavy atom. The maximum Gasteiger partial charge on any atom is 0.319 e. The van der Waals surface area contributed by atoms with E-state index in [2.05, 4.69) is 10.6 Å². The van der Waals surface area contributed by atoms with Gasteiger partial charge in [0.05, 0.1) is 0 Å². The van der Waals surface area contributed by atoms with E-state index in [1.165, 1.54) is 0 Å². The van der Waals surface area contributed by atoms with Crippen molar-refractivity contribution in [1.82, 2.24) is 5.32 Å². The molecule has 5 heteroatoms. The monoisotopic (exact) mass is 270 g/mol. The highest BCUT2D eigenvalue weighted by atomic mass is 35.5. The zero-order chi connectivity index (χ0) is 13.5. The first-order valence-corrected chi connectivity index (χ1v) is 6.39. The lowest BCUT2D eigenvalue weighted by atomic mass is 10.1. The summed E-state index contributed by atoms with van der Waals surface area (Å²) in [7, 11) is 0. The summed E-state index contributed by atoms with van der Waals surface area (Å²) in [4.78, 5) is 11.8. The largest absolute Gasteiger partial charge is 0.396 e. The molecular weight excluding hydrogens is 252 g/mol. The predicted molar refractivity (Wildman–Crippen MR) is 74.1 cm³/mol. The number of aliphatic hydroxyl groups is 1. The average Bonchev–Trinajstić information content (AvgIpc) is 2.34. The Kier molecular flexibility index (Phi) is 5.95. The summed E-state index contributed by atoms with van der Waals surface area (Å²) < 4.78 is 0. The molecule has 1 aromatic rings. The van der Waals surface area contributed by atoms with E-state index in [0.717, 1.165) is 12.0 Å². The lowest BCUT2D eigenvalue weighted by Crippen LogP contribution is -2.38. The van der Waals surface area contributed by atoms with Gasteiger partial charge in [0.15, 0.2) is 0 Å². The van der Waals surface area contributed by atoms with Gasteiger partial charge in [0.2, 0.25) is 0 Å². The van der Waals surface area contributed by atoms with Crippen molar-refractivity contribution in [2.45, 2.75) is 32.7 Å². The summed E-state index contributed by atoms with van der Waals surface area (Å²) in [6, 6.07) is 5.07. The zero-order valence-corrected chi connectivity index (χ0v) is 11.4. The SMILES string of the molecule is CCC(CCO)NC(=O)Nc1cccc(Cl)c1C. The molecule has 0 aliphatic rings. The summed E-state index contributed by atoms with van der Waals surface area (Å²) in [5.41, 5.74) is 1.53. The molecule has 4 nitrogen and oxygen atoms in total. The Morgan fingerprint density at radius 3 is 2.83 bits per heavy atom. The van der Waals surface area contributed by atoms with Gasteiger partial charge in [-0.05, 0) is 37.5 Å². The third kappa shape index (κ3) is 4.20. The number of rotatable bonds is 5. The van der Waals surface area contributed by atoms with Crippen molar-refractivity contribution >= 4 is 23.3 Å². The van der Waals surface area contributed by atoms with E-state index in [1.807, 2.05) is 13.8 Å². The molecule has 0 heterocycles. The number of halogens is 1. The van der Waals surface area contributed by atoms with Gasteiger partial charge in [0.25, 0.3) is 0 Å². The molecule has 0 aromatic heterocycles. The fourth-order valence-corrected chi connectivity index (χ4v) is 1.80. The minimum Gasteiger partial charge on any atom is -0.396 e. The molecule has 3 N–H and O–H groups in total. The third-order valence-electron chi connectivity index (χ3n) is 2.82. The van der Waals surface area contributed by atoms with Gasteiger partial charge in [-0.1, -0.05) is 24.6 Å². The van der Waals surface area contributed by atoms with Crippen LogP contribution < -0.4 is 10.6 Å². The second kappa shape index (κ2) is 7.24. The minimum absolute atomic E-state index is 0.0190. The predicted octanol–water partition coefficient (Wildman–Crippen LogP) is 2.93. The first-order valence-electron chi connectivity index (χ1n) is 6.02. The molecule has 0 bridgehead atoms. The van der Waals surface area contributed by atoms with Gasteiger partial charge in [0, 0.05) is 23.4 Å². The Hall–Kier alpha value is -1.26. The molecule has 0 aliphatic heterocycles. The molecule has 0 aliphatic carbocycles. The van der Waals surface area contributed by atoms with Gasteiger partial charge in [-0.2, -0.15) is 0 Å². The fraction of sp³-hybridized carbons (Fsp3) is 0.462.